The van der Waals surface area contributed by atoms with Crippen LogP contribution in [0.5, 0.6) is 0 Å². The molecule has 1 aromatic heterocycles. The van der Waals surface area contributed by atoms with Crippen LogP contribution >= 0.6 is 0 Å². The highest BCUT2D eigenvalue weighted by molar-refractivity contribution is 5.87. The van der Waals surface area contributed by atoms with Gasteiger partial charge in [-0.3, -0.25) is 0 Å². The Morgan fingerprint density at radius 2 is 2.15 bits per heavy atom. The van der Waals surface area contributed by atoms with Crippen LogP contribution in [0.3, 0.4) is 0 Å². The summed E-state index contributed by atoms with van der Waals surface area (Å²) in [6, 6.07) is 10.5. The summed E-state index contributed by atoms with van der Waals surface area (Å²) in [6.07, 6.45) is 1.30. The van der Waals surface area contributed by atoms with Gasteiger partial charge in [0.05, 0.1) is 6.61 Å². The molecule has 0 saturated carbocycles. The van der Waals surface area contributed by atoms with E-state index in [1.165, 1.54) is 11.8 Å². The first-order valence-corrected chi connectivity index (χ1v) is 6.62. The number of aromatic nitrogens is 1. The fourth-order valence-corrected chi connectivity index (χ4v) is 1.79. The highest BCUT2D eigenvalue weighted by atomic mass is 16.5. The van der Waals surface area contributed by atoms with Crippen LogP contribution in [0.15, 0.2) is 41.0 Å². The smallest absolute Gasteiger partial charge is 0.360 e. The maximum Gasteiger partial charge on any atom is 0.360 e. The van der Waals surface area contributed by atoms with Crippen LogP contribution in [0.4, 0.5) is 6.01 Å². The summed E-state index contributed by atoms with van der Waals surface area (Å²) in [5.41, 5.74) is 1.42. The van der Waals surface area contributed by atoms with E-state index in [1.807, 2.05) is 18.2 Å². The van der Waals surface area contributed by atoms with Crippen molar-refractivity contribution in [1.29, 1.82) is 0 Å². The predicted octanol–water partition coefficient (Wildman–Crippen LogP) is 3.07. The van der Waals surface area contributed by atoms with E-state index in [0.717, 1.165) is 0 Å². The van der Waals surface area contributed by atoms with E-state index in [0.29, 0.717) is 25.1 Å². The van der Waals surface area contributed by atoms with Crippen LogP contribution in [-0.2, 0) is 4.74 Å². The molecule has 0 fully saturated rings. The van der Waals surface area contributed by atoms with Gasteiger partial charge >= 0.3 is 5.97 Å². The van der Waals surface area contributed by atoms with Crippen molar-refractivity contribution in [3.8, 4) is 0 Å². The molecule has 5 heteroatoms. The standard InChI is InChI=1S/C15H18N2O3/c1-3-19-14(18)13-10-20-15(17-13)16-9-11(2)12-7-5-4-6-8-12/h4-8,10-11H,3,9H2,1-2H3,(H,16,17). The van der Waals surface area contributed by atoms with E-state index in [4.69, 9.17) is 9.15 Å². The van der Waals surface area contributed by atoms with Gasteiger partial charge in [0.25, 0.3) is 6.01 Å². The van der Waals surface area contributed by atoms with Crippen LogP contribution < -0.4 is 5.32 Å². The monoisotopic (exact) mass is 274 g/mol. The molecule has 0 radical (unpaired) electrons. The Morgan fingerprint density at radius 3 is 2.85 bits per heavy atom. The summed E-state index contributed by atoms with van der Waals surface area (Å²) < 4.78 is 10.0. The van der Waals surface area contributed by atoms with Gasteiger partial charge in [0.15, 0.2) is 5.69 Å². The molecule has 106 valence electrons. The Hall–Kier alpha value is -2.30. The summed E-state index contributed by atoms with van der Waals surface area (Å²) in [5.74, 6) is -0.158. The summed E-state index contributed by atoms with van der Waals surface area (Å²) in [5, 5.41) is 3.07. The van der Waals surface area contributed by atoms with Crippen molar-refractivity contribution in [3.05, 3.63) is 47.9 Å². The lowest BCUT2D eigenvalue weighted by Gasteiger charge is -2.11. The first kappa shape index (κ1) is 14.1. The quantitative estimate of drug-likeness (QED) is 0.820. The number of benzene rings is 1. The topological polar surface area (TPSA) is 64.4 Å². The van der Waals surface area contributed by atoms with Gasteiger partial charge in [-0.2, -0.15) is 4.98 Å². The number of anilines is 1. The lowest BCUT2D eigenvalue weighted by Crippen LogP contribution is -2.10. The van der Waals surface area contributed by atoms with Gasteiger partial charge in [-0.05, 0) is 18.4 Å². The van der Waals surface area contributed by atoms with Crippen molar-refractivity contribution in [1.82, 2.24) is 4.98 Å². The number of ether oxygens (including phenoxy) is 1. The average molecular weight is 274 g/mol. The maximum absolute atomic E-state index is 11.4. The highest BCUT2D eigenvalue weighted by Crippen LogP contribution is 2.16. The zero-order valence-electron chi connectivity index (χ0n) is 11.6. The lowest BCUT2D eigenvalue weighted by atomic mass is 10.0. The molecule has 0 aliphatic heterocycles. The molecule has 2 rings (SSSR count). The number of carbonyl (C=O) groups is 1. The van der Waals surface area contributed by atoms with Crippen LogP contribution in [-0.4, -0.2) is 24.1 Å². The Labute approximate surface area is 118 Å². The zero-order valence-corrected chi connectivity index (χ0v) is 11.6. The molecule has 0 saturated heterocycles. The van der Waals surface area contributed by atoms with Gasteiger partial charge in [0, 0.05) is 6.54 Å². The van der Waals surface area contributed by atoms with E-state index in [-0.39, 0.29) is 5.69 Å². The lowest BCUT2D eigenvalue weighted by molar-refractivity contribution is 0.0519. The summed E-state index contributed by atoms with van der Waals surface area (Å²) in [7, 11) is 0. The van der Waals surface area contributed by atoms with Gasteiger partial charge in [0.1, 0.15) is 6.26 Å². The number of nitrogens with zero attached hydrogens (tertiary/aromatic N) is 1. The summed E-state index contributed by atoms with van der Waals surface area (Å²) in [6.45, 7) is 4.85. The number of rotatable bonds is 6. The normalized spacial score (nSPS) is 11.9. The summed E-state index contributed by atoms with van der Waals surface area (Å²) in [4.78, 5) is 15.5. The molecule has 0 amide bonds. The van der Waals surface area contributed by atoms with E-state index >= 15 is 0 Å². The second kappa shape index (κ2) is 6.75. The molecule has 1 aromatic carbocycles. The number of hydrogen-bond donors (Lipinski definition) is 1. The zero-order chi connectivity index (χ0) is 14.4. The van der Waals surface area contributed by atoms with Crippen LogP contribution in [0, 0.1) is 0 Å². The molecule has 1 unspecified atom stereocenters. The largest absolute Gasteiger partial charge is 0.461 e. The third kappa shape index (κ3) is 3.60. The SMILES string of the molecule is CCOC(=O)c1coc(NCC(C)c2ccccc2)n1. The minimum atomic E-state index is -0.472. The van der Waals surface area contributed by atoms with Crippen molar-refractivity contribution in [3.63, 3.8) is 0 Å². The molecule has 20 heavy (non-hydrogen) atoms. The van der Waals surface area contributed by atoms with Gasteiger partial charge in [-0.15, -0.1) is 0 Å². The number of carbonyl (C=O) groups excluding carboxylic acids is 1. The van der Waals surface area contributed by atoms with Crippen molar-refractivity contribution in [2.75, 3.05) is 18.5 Å². The van der Waals surface area contributed by atoms with Crippen molar-refractivity contribution >= 4 is 12.0 Å². The fourth-order valence-electron chi connectivity index (χ4n) is 1.79. The second-order valence-corrected chi connectivity index (χ2v) is 4.45. The predicted molar refractivity (Wildman–Crippen MR) is 75.8 cm³/mol. The molecular weight excluding hydrogens is 256 g/mol. The Balaban J connectivity index is 1.90. The molecule has 0 bridgehead atoms. The molecular formula is C15H18N2O3. The second-order valence-electron chi connectivity index (χ2n) is 4.45. The third-order valence-electron chi connectivity index (χ3n) is 2.92. The van der Waals surface area contributed by atoms with Crippen LogP contribution in [0.25, 0.3) is 0 Å². The third-order valence-corrected chi connectivity index (χ3v) is 2.92. The van der Waals surface area contributed by atoms with E-state index in [2.05, 4.69) is 29.4 Å². The molecule has 5 nitrogen and oxygen atoms in total. The Morgan fingerprint density at radius 1 is 1.40 bits per heavy atom. The van der Waals surface area contributed by atoms with E-state index in [9.17, 15) is 4.79 Å². The van der Waals surface area contributed by atoms with Crippen molar-refractivity contribution in [2.24, 2.45) is 0 Å². The molecule has 0 aliphatic rings. The first-order valence-electron chi connectivity index (χ1n) is 6.62. The maximum atomic E-state index is 11.4. The number of hydrogen-bond acceptors (Lipinski definition) is 5. The number of esters is 1. The minimum Gasteiger partial charge on any atom is -0.461 e. The van der Waals surface area contributed by atoms with Crippen LogP contribution in [0.2, 0.25) is 0 Å². The average Bonchev–Trinajstić information content (AvgIpc) is 2.95. The molecule has 2 aromatic rings. The molecule has 0 aliphatic carbocycles. The van der Waals surface area contributed by atoms with E-state index < -0.39 is 5.97 Å². The molecule has 1 atom stereocenters. The molecule has 0 spiro atoms. The van der Waals surface area contributed by atoms with Crippen molar-refractivity contribution < 1.29 is 13.9 Å². The van der Waals surface area contributed by atoms with Gasteiger partial charge in [0.2, 0.25) is 0 Å². The van der Waals surface area contributed by atoms with Gasteiger partial charge in [-0.1, -0.05) is 37.3 Å². The summed E-state index contributed by atoms with van der Waals surface area (Å²) >= 11 is 0. The Kier molecular flexibility index (Phi) is 4.76. The van der Waals surface area contributed by atoms with Crippen LogP contribution in [0.1, 0.15) is 35.8 Å². The fraction of sp³-hybridized carbons (Fsp3) is 0.333. The van der Waals surface area contributed by atoms with Crippen molar-refractivity contribution in [2.45, 2.75) is 19.8 Å². The number of nitrogens with one attached hydrogen (secondary N) is 1. The number of oxazole rings is 1. The van der Waals surface area contributed by atoms with E-state index in [1.54, 1.807) is 6.92 Å². The first-order chi connectivity index (χ1) is 9.70. The van der Waals surface area contributed by atoms with Gasteiger partial charge in [-0.25, -0.2) is 4.79 Å². The molecule has 1 heterocycles. The highest BCUT2D eigenvalue weighted by Gasteiger charge is 2.13. The Bertz CT molecular complexity index is 551. The van der Waals surface area contributed by atoms with Gasteiger partial charge < -0.3 is 14.5 Å². The minimum absolute atomic E-state index is 0.182. The molecule has 1 N–H and O–H groups in total.